The molecular formula is C47H89NO5. The van der Waals surface area contributed by atoms with Crippen LogP contribution in [0.1, 0.15) is 239 Å². The molecule has 53 heavy (non-hydrogen) atoms. The fourth-order valence-corrected chi connectivity index (χ4v) is 6.86. The van der Waals surface area contributed by atoms with E-state index >= 15 is 0 Å². The first-order valence-corrected chi connectivity index (χ1v) is 23.1. The lowest BCUT2D eigenvalue weighted by Crippen LogP contribution is -2.45. The van der Waals surface area contributed by atoms with Crippen molar-refractivity contribution in [3.05, 3.63) is 24.3 Å². The summed E-state index contributed by atoms with van der Waals surface area (Å²) >= 11 is 0. The Hall–Kier alpha value is -1.66. The van der Waals surface area contributed by atoms with E-state index in [1.54, 1.807) is 6.08 Å². The van der Waals surface area contributed by atoms with Crippen LogP contribution >= 0.6 is 0 Å². The van der Waals surface area contributed by atoms with E-state index in [2.05, 4.69) is 31.3 Å². The van der Waals surface area contributed by atoms with E-state index in [0.717, 1.165) is 83.5 Å². The molecule has 0 spiro atoms. The fraction of sp³-hybridized carbons (Fsp3) is 0.872. The Morgan fingerprint density at radius 2 is 0.887 bits per heavy atom. The third-order valence-corrected chi connectivity index (χ3v) is 10.5. The number of carbonyl (C=O) groups is 2. The second-order valence-electron chi connectivity index (χ2n) is 15.7. The molecular weight excluding hydrogens is 659 g/mol. The molecule has 0 fully saturated rings. The highest BCUT2D eigenvalue weighted by Crippen LogP contribution is 2.15. The van der Waals surface area contributed by atoms with Crippen molar-refractivity contribution >= 4 is 11.9 Å². The number of aliphatic hydroxyl groups excluding tert-OH is 2. The van der Waals surface area contributed by atoms with Gasteiger partial charge >= 0.3 is 5.97 Å². The lowest BCUT2D eigenvalue weighted by molar-refractivity contribution is -0.143. The molecule has 0 saturated heterocycles. The van der Waals surface area contributed by atoms with E-state index in [9.17, 15) is 19.8 Å². The summed E-state index contributed by atoms with van der Waals surface area (Å²) in [5, 5.41) is 22.9. The molecule has 312 valence electrons. The van der Waals surface area contributed by atoms with Crippen LogP contribution in [0.2, 0.25) is 0 Å². The highest BCUT2D eigenvalue weighted by molar-refractivity contribution is 5.76. The van der Waals surface area contributed by atoms with Gasteiger partial charge in [0.15, 0.2) is 0 Å². The number of hydrogen-bond donors (Lipinski definition) is 3. The zero-order valence-electron chi connectivity index (χ0n) is 35.2. The van der Waals surface area contributed by atoms with Gasteiger partial charge in [-0.25, -0.2) is 0 Å². The number of esters is 1. The third kappa shape index (κ3) is 39.8. The number of amides is 1. The molecule has 0 aliphatic rings. The summed E-state index contributed by atoms with van der Waals surface area (Å²) in [4.78, 5) is 24.3. The summed E-state index contributed by atoms with van der Waals surface area (Å²) in [6.07, 6.45) is 48.8. The molecule has 0 aromatic heterocycles. The van der Waals surface area contributed by atoms with Crippen molar-refractivity contribution in [2.45, 2.75) is 251 Å². The van der Waals surface area contributed by atoms with Gasteiger partial charge in [-0.15, -0.1) is 0 Å². The van der Waals surface area contributed by atoms with Gasteiger partial charge in [0.1, 0.15) is 0 Å². The number of nitrogens with one attached hydrogen (secondary N) is 1. The summed E-state index contributed by atoms with van der Waals surface area (Å²) in [5.74, 6) is -0.131. The van der Waals surface area contributed by atoms with Crippen molar-refractivity contribution < 1.29 is 24.5 Å². The first kappa shape index (κ1) is 51.3. The van der Waals surface area contributed by atoms with Crippen LogP contribution in [-0.2, 0) is 14.3 Å². The molecule has 0 heterocycles. The molecule has 2 unspecified atom stereocenters. The van der Waals surface area contributed by atoms with Crippen molar-refractivity contribution in [1.82, 2.24) is 5.32 Å². The monoisotopic (exact) mass is 748 g/mol. The number of ether oxygens (including phenoxy) is 1. The van der Waals surface area contributed by atoms with Crippen LogP contribution < -0.4 is 5.32 Å². The van der Waals surface area contributed by atoms with Crippen molar-refractivity contribution in [2.24, 2.45) is 0 Å². The summed E-state index contributed by atoms with van der Waals surface area (Å²) in [6, 6.07) is -0.646. The number of carbonyl (C=O) groups excluding carboxylic acids is 2. The molecule has 0 saturated carbocycles. The SMILES string of the molecule is CCCCCCCCCCC/C=C/C(O)C(CO)NC(=O)CCCCCCC/C=C\CCCCOC(=O)CCCCCCCCCCCCCCCC. The molecule has 0 aliphatic heterocycles. The molecule has 0 bridgehead atoms. The predicted octanol–water partition coefficient (Wildman–Crippen LogP) is 13.2. The van der Waals surface area contributed by atoms with Crippen molar-refractivity contribution in [1.29, 1.82) is 0 Å². The van der Waals surface area contributed by atoms with Crippen LogP contribution in [0.25, 0.3) is 0 Å². The van der Waals surface area contributed by atoms with Crippen molar-refractivity contribution in [3.63, 3.8) is 0 Å². The molecule has 3 N–H and O–H groups in total. The Kier molecular flexibility index (Phi) is 41.7. The minimum atomic E-state index is -0.860. The Bertz CT molecular complexity index is 828. The molecule has 2 atom stereocenters. The second-order valence-corrected chi connectivity index (χ2v) is 15.7. The largest absolute Gasteiger partial charge is 0.466 e. The van der Waals surface area contributed by atoms with Gasteiger partial charge in [-0.1, -0.05) is 192 Å². The van der Waals surface area contributed by atoms with Gasteiger partial charge < -0.3 is 20.3 Å². The highest BCUT2D eigenvalue weighted by atomic mass is 16.5. The topological polar surface area (TPSA) is 95.9 Å². The van der Waals surface area contributed by atoms with Gasteiger partial charge in [0.05, 0.1) is 25.4 Å². The minimum absolute atomic E-state index is 0.0318. The molecule has 0 rings (SSSR count). The average molecular weight is 748 g/mol. The van der Waals surface area contributed by atoms with Gasteiger partial charge in [-0.3, -0.25) is 9.59 Å². The molecule has 0 aromatic carbocycles. The highest BCUT2D eigenvalue weighted by Gasteiger charge is 2.18. The van der Waals surface area contributed by atoms with Crippen LogP contribution in [0.5, 0.6) is 0 Å². The summed E-state index contributed by atoms with van der Waals surface area (Å²) in [7, 11) is 0. The third-order valence-electron chi connectivity index (χ3n) is 10.5. The lowest BCUT2D eigenvalue weighted by Gasteiger charge is -2.20. The van der Waals surface area contributed by atoms with Crippen molar-refractivity contribution in [3.8, 4) is 0 Å². The summed E-state index contributed by atoms with van der Waals surface area (Å²) in [5.41, 5.74) is 0. The van der Waals surface area contributed by atoms with Gasteiger partial charge in [0.25, 0.3) is 0 Å². The lowest BCUT2D eigenvalue weighted by atomic mass is 10.0. The Labute approximate surface area is 329 Å². The van der Waals surface area contributed by atoms with Crippen LogP contribution in [0.4, 0.5) is 0 Å². The van der Waals surface area contributed by atoms with Gasteiger partial charge in [0, 0.05) is 12.8 Å². The molecule has 6 nitrogen and oxygen atoms in total. The summed E-state index contributed by atoms with van der Waals surface area (Å²) < 4.78 is 5.42. The Morgan fingerprint density at radius 1 is 0.509 bits per heavy atom. The fourth-order valence-electron chi connectivity index (χ4n) is 6.86. The molecule has 0 aromatic rings. The van der Waals surface area contributed by atoms with E-state index in [0.29, 0.717) is 19.4 Å². The van der Waals surface area contributed by atoms with Gasteiger partial charge in [0.2, 0.25) is 5.91 Å². The molecule has 6 heteroatoms. The van der Waals surface area contributed by atoms with Crippen LogP contribution in [0.3, 0.4) is 0 Å². The van der Waals surface area contributed by atoms with Gasteiger partial charge in [-0.05, 0) is 57.8 Å². The van der Waals surface area contributed by atoms with E-state index < -0.39 is 12.1 Å². The number of aliphatic hydroxyl groups is 2. The van der Waals surface area contributed by atoms with Crippen LogP contribution in [-0.4, -0.2) is 47.4 Å². The maximum Gasteiger partial charge on any atom is 0.305 e. The van der Waals surface area contributed by atoms with Crippen molar-refractivity contribution in [2.75, 3.05) is 13.2 Å². The quantitative estimate of drug-likeness (QED) is 0.0328. The molecule has 1 amide bonds. The first-order valence-electron chi connectivity index (χ1n) is 23.1. The second kappa shape index (κ2) is 43.1. The molecule has 0 radical (unpaired) electrons. The van der Waals surface area contributed by atoms with E-state index in [1.807, 2.05) is 6.08 Å². The Morgan fingerprint density at radius 3 is 1.34 bits per heavy atom. The normalized spacial score (nSPS) is 12.9. The molecule has 0 aliphatic carbocycles. The zero-order chi connectivity index (χ0) is 38.7. The van der Waals surface area contributed by atoms with Gasteiger partial charge in [-0.2, -0.15) is 0 Å². The van der Waals surface area contributed by atoms with E-state index in [4.69, 9.17) is 4.74 Å². The van der Waals surface area contributed by atoms with E-state index in [-0.39, 0.29) is 18.5 Å². The maximum absolute atomic E-state index is 12.4. The number of rotatable bonds is 42. The maximum atomic E-state index is 12.4. The predicted molar refractivity (Wildman–Crippen MR) is 227 cm³/mol. The first-order chi connectivity index (χ1) is 26.0. The van der Waals surface area contributed by atoms with Crippen LogP contribution in [0, 0.1) is 0 Å². The number of allylic oxidation sites excluding steroid dienone is 3. The van der Waals surface area contributed by atoms with Crippen LogP contribution in [0.15, 0.2) is 24.3 Å². The zero-order valence-corrected chi connectivity index (χ0v) is 35.2. The number of unbranched alkanes of at least 4 members (excludes halogenated alkanes) is 29. The number of hydrogen-bond acceptors (Lipinski definition) is 5. The average Bonchev–Trinajstić information content (AvgIpc) is 3.16. The summed E-state index contributed by atoms with van der Waals surface area (Å²) in [6.45, 7) is 4.80. The smallest absolute Gasteiger partial charge is 0.305 e. The standard InChI is InChI=1S/C47H89NO5/c1-3-5-7-9-11-13-15-16-17-21-25-29-33-37-41-47(52)53-42-38-34-30-26-22-18-20-24-28-32-36-40-46(51)48-44(43-49)45(50)39-35-31-27-23-19-14-12-10-8-6-4-2/h22,26,35,39,44-45,49-50H,3-21,23-25,27-34,36-38,40-43H2,1-2H3,(H,48,51)/b26-22-,39-35+. The minimum Gasteiger partial charge on any atom is -0.466 e. The Balaban J connectivity index is 3.54. The van der Waals surface area contributed by atoms with E-state index in [1.165, 1.54) is 128 Å².